The molecular weight excluding hydrogens is 284 g/mol. The summed E-state index contributed by atoms with van der Waals surface area (Å²) < 4.78 is 22.0. The molecule has 0 bridgehead atoms. The van der Waals surface area contributed by atoms with E-state index in [0.717, 1.165) is 12.7 Å². The van der Waals surface area contributed by atoms with Crippen molar-refractivity contribution >= 4 is 27.2 Å². The Labute approximate surface area is 117 Å². The number of rotatable bonds is 8. The van der Waals surface area contributed by atoms with Crippen LogP contribution < -0.4 is 10.6 Å². The van der Waals surface area contributed by atoms with Crippen molar-refractivity contribution in [3.05, 3.63) is 22.2 Å². The average molecular weight is 302 g/mol. The van der Waals surface area contributed by atoms with Crippen LogP contribution >= 0.6 is 0 Å². The molecule has 0 saturated carbocycles. The lowest BCUT2D eigenvalue weighted by atomic mass is 10.3. The molecule has 0 aliphatic rings. The summed E-state index contributed by atoms with van der Waals surface area (Å²) in [6, 6.07) is 2.62. The van der Waals surface area contributed by atoms with Crippen molar-refractivity contribution in [2.45, 2.75) is 13.3 Å². The first-order chi connectivity index (χ1) is 9.31. The third-order valence-corrected chi connectivity index (χ3v) is 3.30. The Hall–Kier alpha value is -1.90. The van der Waals surface area contributed by atoms with E-state index in [4.69, 9.17) is 0 Å². The maximum Gasteiger partial charge on any atom is 0.276 e. The molecule has 8 nitrogen and oxygen atoms in total. The van der Waals surface area contributed by atoms with E-state index in [0.29, 0.717) is 12.4 Å². The normalized spacial score (nSPS) is 11.1. The van der Waals surface area contributed by atoms with E-state index < -0.39 is 14.8 Å². The van der Waals surface area contributed by atoms with E-state index >= 15 is 0 Å². The molecule has 0 aliphatic heterocycles. The minimum Gasteiger partial charge on any atom is -0.370 e. The average Bonchev–Trinajstić information content (AvgIpc) is 2.34. The molecule has 112 valence electrons. The molecule has 1 aromatic heterocycles. The van der Waals surface area contributed by atoms with Crippen LogP contribution in [0.1, 0.15) is 13.3 Å². The number of pyridine rings is 1. The van der Waals surface area contributed by atoms with Gasteiger partial charge in [-0.25, -0.2) is 13.4 Å². The molecule has 0 fully saturated rings. The first kappa shape index (κ1) is 16.2. The molecule has 0 amide bonds. The number of nitrogens with zero attached hydrogens (tertiary/aromatic N) is 2. The summed E-state index contributed by atoms with van der Waals surface area (Å²) in [5.74, 6) is 0.610. The van der Waals surface area contributed by atoms with E-state index in [9.17, 15) is 18.5 Å². The number of anilines is 2. The van der Waals surface area contributed by atoms with Crippen LogP contribution in [0, 0.1) is 10.1 Å². The van der Waals surface area contributed by atoms with Crippen molar-refractivity contribution in [2.24, 2.45) is 0 Å². The van der Waals surface area contributed by atoms with Crippen LogP contribution in [0.3, 0.4) is 0 Å². The molecule has 0 unspecified atom stereocenters. The number of nitro groups is 1. The minimum absolute atomic E-state index is 0.0604. The fraction of sp³-hybridized carbons (Fsp3) is 0.545. The number of sulfone groups is 1. The van der Waals surface area contributed by atoms with Gasteiger partial charge in [0.25, 0.3) is 5.69 Å². The molecule has 20 heavy (non-hydrogen) atoms. The zero-order valence-corrected chi connectivity index (χ0v) is 12.2. The number of nitrogens with one attached hydrogen (secondary N) is 2. The lowest BCUT2D eigenvalue weighted by Gasteiger charge is -2.08. The summed E-state index contributed by atoms with van der Waals surface area (Å²) in [6.07, 6.45) is 1.99. The van der Waals surface area contributed by atoms with Gasteiger partial charge in [-0.2, -0.15) is 0 Å². The summed E-state index contributed by atoms with van der Waals surface area (Å²) in [5, 5.41) is 16.6. The van der Waals surface area contributed by atoms with Gasteiger partial charge in [0.1, 0.15) is 21.5 Å². The quantitative estimate of drug-likeness (QED) is 0.549. The topological polar surface area (TPSA) is 114 Å². The van der Waals surface area contributed by atoms with Gasteiger partial charge >= 0.3 is 0 Å². The van der Waals surface area contributed by atoms with Crippen molar-refractivity contribution < 1.29 is 13.3 Å². The molecule has 1 heterocycles. The van der Waals surface area contributed by atoms with Crippen molar-refractivity contribution in [3.63, 3.8) is 0 Å². The fourth-order valence-electron chi connectivity index (χ4n) is 1.42. The van der Waals surface area contributed by atoms with Crippen molar-refractivity contribution in [3.8, 4) is 0 Å². The zero-order chi connectivity index (χ0) is 15.2. The standard InChI is InChI=1S/C11H18N4O4S/c1-3-4-12-10-7-9(15(16)17)8-11(14-10)13-5-6-20(2,18)19/h7-8H,3-6H2,1-2H3,(H2,12,13,14). The molecule has 1 aromatic rings. The summed E-state index contributed by atoms with van der Waals surface area (Å²) >= 11 is 0. The second-order valence-electron chi connectivity index (χ2n) is 4.34. The Morgan fingerprint density at radius 3 is 2.25 bits per heavy atom. The van der Waals surface area contributed by atoms with E-state index in [1.54, 1.807) is 0 Å². The number of hydrogen-bond donors (Lipinski definition) is 2. The van der Waals surface area contributed by atoms with Gasteiger partial charge in [0.15, 0.2) is 0 Å². The van der Waals surface area contributed by atoms with Crippen LogP contribution in [0.2, 0.25) is 0 Å². The van der Waals surface area contributed by atoms with Crippen LogP contribution in [0.25, 0.3) is 0 Å². The molecule has 0 aliphatic carbocycles. The molecule has 0 radical (unpaired) electrons. The largest absolute Gasteiger partial charge is 0.370 e. The predicted molar refractivity (Wildman–Crippen MR) is 77.9 cm³/mol. The van der Waals surface area contributed by atoms with Gasteiger partial charge in [0.05, 0.1) is 22.8 Å². The van der Waals surface area contributed by atoms with E-state index in [1.807, 2.05) is 6.92 Å². The molecule has 2 N–H and O–H groups in total. The van der Waals surface area contributed by atoms with Crippen molar-refractivity contribution in [1.29, 1.82) is 0 Å². The van der Waals surface area contributed by atoms with Gasteiger partial charge in [-0.15, -0.1) is 0 Å². The van der Waals surface area contributed by atoms with E-state index in [-0.39, 0.29) is 23.8 Å². The molecule has 0 spiro atoms. The molecule has 1 rings (SSSR count). The Kier molecular flexibility index (Phi) is 5.68. The van der Waals surface area contributed by atoms with Crippen molar-refractivity contribution in [1.82, 2.24) is 4.98 Å². The Morgan fingerprint density at radius 2 is 1.80 bits per heavy atom. The van der Waals surface area contributed by atoms with Crippen LogP contribution in [-0.4, -0.2) is 43.4 Å². The highest BCUT2D eigenvalue weighted by atomic mass is 32.2. The summed E-state index contributed by atoms with van der Waals surface area (Å²) in [5.41, 5.74) is -0.0968. The summed E-state index contributed by atoms with van der Waals surface area (Å²) in [6.45, 7) is 2.77. The Morgan fingerprint density at radius 1 is 1.25 bits per heavy atom. The second-order valence-corrected chi connectivity index (χ2v) is 6.60. The van der Waals surface area contributed by atoms with Crippen molar-refractivity contribution in [2.75, 3.05) is 35.7 Å². The third kappa shape index (κ3) is 5.83. The minimum atomic E-state index is -3.08. The Bertz CT molecular complexity index is 574. The van der Waals surface area contributed by atoms with Crippen LogP contribution in [0.4, 0.5) is 17.3 Å². The lowest BCUT2D eigenvalue weighted by molar-refractivity contribution is -0.384. The van der Waals surface area contributed by atoms with Gasteiger partial charge < -0.3 is 10.6 Å². The number of hydrogen-bond acceptors (Lipinski definition) is 7. The van der Waals surface area contributed by atoms with Gasteiger partial charge in [-0.3, -0.25) is 10.1 Å². The molecule has 0 atom stereocenters. The second kappa shape index (κ2) is 7.04. The molecule has 0 saturated heterocycles. The number of aromatic nitrogens is 1. The maximum atomic E-state index is 11.0. The highest BCUT2D eigenvalue weighted by Crippen LogP contribution is 2.20. The van der Waals surface area contributed by atoms with Crippen LogP contribution in [-0.2, 0) is 9.84 Å². The molecule has 0 aromatic carbocycles. The third-order valence-electron chi connectivity index (χ3n) is 2.36. The Balaban J connectivity index is 2.82. The molecule has 9 heteroatoms. The first-order valence-electron chi connectivity index (χ1n) is 6.14. The van der Waals surface area contributed by atoms with Gasteiger partial charge in [0.2, 0.25) is 0 Å². The zero-order valence-electron chi connectivity index (χ0n) is 11.4. The highest BCUT2D eigenvalue weighted by Gasteiger charge is 2.11. The predicted octanol–water partition coefficient (Wildman–Crippen LogP) is 1.27. The first-order valence-corrected chi connectivity index (χ1v) is 8.20. The smallest absolute Gasteiger partial charge is 0.276 e. The van der Waals surface area contributed by atoms with Gasteiger partial charge in [-0.1, -0.05) is 6.92 Å². The maximum absolute atomic E-state index is 11.0. The van der Waals surface area contributed by atoms with Crippen LogP contribution in [0.15, 0.2) is 12.1 Å². The fourth-order valence-corrected chi connectivity index (χ4v) is 1.89. The van der Waals surface area contributed by atoms with Crippen LogP contribution in [0.5, 0.6) is 0 Å². The lowest BCUT2D eigenvalue weighted by Crippen LogP contribution is -2.15. The van der Waals surface area contributed by atoms with Gasteiger partial charge in [-0.05, 0) is 6.42 Å². The highest BCUT2D eigenvalue weighted by molar-refractivity contribution is 7.90. The summed E-state index contributed by atoms with van der Waals surface area (Å²) in [7, 11) is -3.08. The summed E-state index contributed by atoms with van der Waals surface area (Å²) in [4.78, 5) is 14.5. The van der Waals surface area contributed by atoms with E-state index in [2.05, 4.69) is 15.6 Å². The molecular formula is C11H18N4O4S. The van der Waals surface area contributed by atoms with Gasteiger partial charge in [0, 0.05) is 19.3 Å². The SMILES string of the molecule is CCCNc1cc([N+](=O)[O-])cc(NCCS(C)(=O)=O)n1. The monoisotopic (exact) mass is 302 g/mol. The van der Waals surface area contributed by atoms with E-state index in [1.165, 1.54) is 12.1 Å².